The summed E-state index contributed by atoms with van der Waals surface area (Å²) >= 11 is 0. The molecule has 2 atom stereocenters. The Bertz CT molecular complexity index is 135. The number of unbranched alkanes of at least 4 members (excludes halogenated alkanes) is 1. The van der Waals surface area contributed by atoms with Crippen LogP contribution in [0, 0.1) is 0 Å². The molecule has 0 rings (SSSR count). The molecule has 1 unspecified atom stereocenters. The molecule has 5 heteroatoms. The van der Waals surface area contributed by atoms with Gasteiger partial charge in [0.15, 0.2) is 6.29 Å². The maximum Gasteiger partial charge on any atom is 0.174 e. The largest absolute Gasteiger partial charge is 0.394 e. The lowest BCUT2D eigenvalue weighted by molar-refractivity contribution is -0.150. The van der Waals surface area contributed by atoms with Crippen LogP contribution in [0.15, 0.2) is 0 Å². The Hall–Kier alpha value is -0.200. The molecule has 0 fully saturated rings. The summed E-state index contributed by atoms with van der Waals surface area (Å²) in [5.74, 6) is 0. The molecule has 0 amide bonds. The van der Waals surface area contributed by atoms with Crippen molar-refractivity contribution in [3.05, 3.63) is 0 Å². The quantitative estimate of drug-likeness (QED) is 0.404. The molecule has 0 heterocycles. The van der Waals surface area contributed by atoms with Gasteiger partial charge in [-0.25, -0.2) is 0 Å². The zero-order valence-corrected chi connectivity index (χ0v) is 9.65. The van der Waals surface area contributed by atoms with E-state index in [4.69, 9.17) is 25.1 Å². The van der Waals surface area contributed by atoms with E-state index < -0.39 is 6.29 Å². The number of hydrogen-bond acceptors (Lipinski definition) is 5. The monoisotopic (exact) mass is 221 g/mol. The second-order valence-electron chi connectivity index (χ2n) is 3.29. The summed E-state index contributed by atoms with van der Waals surface area (Å²) in [5, 5.41) is 8.59. The van der Waals surface area contributed by atoms with Gasteiger partial charge in [0, 0.05) is 13.7 Å². The van der Waals surface area contributed by atoms with E-state index in [-0.39, 0.29) is 19.3 Å². The lowest BCUT2D eigenvalue weighted by Crippen LogP contribution is -2.42. The fourth-order valence-corrected chi connectivity index (χ4v) is 1.08. The van der Waals surface area contributed by atoms with Crippen LogP contribution in [-0.4, -0.2) is 51.0 Å². The van der Waals surface area contributed by atoms with Crippen LogP contribution in [-0.2, 0) is 14.2 Å². The fourth-order valence-electron chi connectivity index (χ4n) is 1.08. The number of rotatable bonds is 10. The summed E-state index contributed by atoms with van der Waals surface area (Å²) in [6.07, 6.45) is 1.62. The van der Waals surface area contributed by atoms with Crippen molar-refractivity contribution in [3.63, 3.8) is 0 Å². The van der Waals surface area contributed by atoms with Crippen LogP contribution < -0.4 is 5.73 Å². The lowest BCUT2D eigenvalue weighted by atomic mass is 10.3. The molecule has 0 aromatic carbocycles. The van der Waals surface area contributed by atoms with E-state index in [9.17, 15) is 0 Å². The zero-order valence-electron chi connectivity index (χ0n) is 9.65. The lowest BCUT2D eigenvalue weighted by Gasteiger charge is -2.22. The molecule has 0 aromatic heterocycles. The van der Waals surface area contributed by atoms with Crippen molar-refractivity contribution in [1.29, 1.82) is 0 Å². The van der Waals surface area contributed by atoms with Crippen LogP contribution in [0.4, 0.5) is 0 Å². The molecule has 92 valence electrons. The predicted octanol–water partition coefficient (Wildman–Crippen LogP) is 0.112. The number of aliphatic hydroxyl groups is 1. The highest BCUT2D eigenvalue weighted by molar-refractivity contribution is 4.64. The molecular formula is C10H23NO4. The van der Waals surface area contributed by atoms with Crippen LogP contribution in [0.25, 0.3) is 0 Å². The van der Waals surface area contributed by atoms with Gasteiger partial charge in [-0.15, -0.1) is 0 Å². The molecule has 0 spiro atoms. The van der Waals surface area contributed by atoms with E-state index in [2.05, 4.69) is 6.92 Å². The number of hydrogen-bond donors (Lipinski definition) is 2. The van der Waals surface area contributed by atoms with Crippen LogP contribution in [0.3, 0.4) is 0 Å². The molecule has 0 aliphatic rings. The van der Waals surface area contributed by atoms with Gasteiger partial charge in [0.05, 0.1) is 25.9 Å². The summed E-state index contributed by atoms with van der Waals surface area (Å²) in [5.41, 5.74) is 5.79. The number of ether oxygens (including phenoxy) is 3. The van der Waals surface area contributed by atoms with Gasteiger partial charge in [0.1, 0.15) is 0 Å². The van der Waals surface area contributed by atoms with Crippen molar-refractivity contribution in [1.82, 2.24) is 0 Å². The minimum absolute atomic E-state index is 0.0384. The average Bonchev–Trinajstić information content (AvgIpc) is 2.25. The van der Waals surface area contributed by atoms with E-state index in [1.807, 2.05) is 0 Å². The van der Waals surface area contributed by atoms with Gasteiger partial charge in [-0.2, -0.15) is 0 Å². The van der Waals surface area contributed by atoms with Gasteiger partial charge < -0.3 is 25.1 Å². The van der Waals surface area contributed by atoms with Gasteiger partial charge in [-0.3, -0.25) is 0 Å². The Morgan fingerprint density at radius 1 is 1.33 bits per heavy atom. The Balaban J connectivity index is 3.58. The Kier molecular flexibility index (Phi) is 10.2. The molecule has 0 bridgehead atoms. The van der Waals surface area contributed by atoms with Crippen molar-refractivity contribution in [3.8, 4) is 0 Å². The minimum Gasteiger partial charge on any atom is -0.394 e. The second-order valence-corrected chi connectivity index (χ2v) is 3.29. The van der Waals surface area contributed by atoms with E-state index >= 15 is 0 Å². The summed E-state index contributed by atoms with van der Waals surface area (Å²) < 4.78 is 15.6. The maximum atomic E-state index is 8.59. The first-order valence-electron chi connectivity index (χ1n) is 5.34. The molecular weight excluding hydrogens is 198 g/mol. The van der Waals surface area contributed by atoms with Gasteiger partial charge in [-0.1, -0.05) is 13.3 Å². The maximum absolute atomic E-state index is 8.59. The Labute approximate surface area is 91.5 Å². The summed E-state index contributed by atoms with van der Waals surface area (Å²) in [6.45, 7) is 3.40. The van der Waals surface area contributed by atoms with Crippen LogP contribution >= 0.6 is 0 Å². The van der Waals surface area contributed by atoms with Gasteiger partial charge in [0.2, 0.25) is 0 Å². The van der Waals surface area contributed by atoms with Crippen molar-refractivity contribution >= 4 is 0 Å². The Morgan fingerprint density at radius 3 is 2.60 bits per heavy atom. The van der Waals surface area contributed by atoms with Crippen molar-refractivity contribution in [2.75, 3.05) is 33.5 Å². The number of nitrogens with two attached hydrogens (primary N) is 1. The highest BCUT2D eigenvalue weighted by Gasteiger charge is 2.17. The first-order valence-corrected chi connectivity index (χ1v) is 5.34. The second kappa shape index (κ2) is 10.3. The molecule has 0 aliphatic heterocycles. The van der Waals surface area contributed by atoms with E-state index in [0.29, 0.717) is 13.2 Å². The van der Waals surface area contributed by atoms with E-state index in [0.717, 1.165) is 12.8 Å². The van der Waals surface area contributed by atoms with Crippen LogP contribution in [0.2, 0.25) is 0 Å². The molecule has 0 aliphatic carbocycles. The van der Waals surface area contributed by atoms with E-state index in [1.54, 1.807) is 0 Å². The van der Waals surface area contributed by atoms with Crippen molar-refractivity contribution < 1.29 is 19.3 Å². The van der Waals surface area contributed by atoms with Gasteiger partial charge in [-0.05, 0) is 6.42 Å². The molecule has 3 N–H and O–H groups in total. The Morgan fingerprint density at radius 2 is 2.07 bits per heavy atom. The summed E-state index contributed by atoms with van der Waals surface area (Å²) in [4.78, 5) is 0. The fraction of sp³-hybridized carbons (Fsp3) is 1.00. The molecule has 0 radical (unpaired) electrons. The third kappa shape index (κ3) is 7.70. The van der Waals surface area contributed by atoms with Gasteiger partial charge >= 0.3 is 0 Å². The first kappa shape index (κ1) is 14.8. The van der Waals surface area contributed by atoms with E-state index in [1.165, 1.54) is 7.11 Å². The SMILES string of the molecule is CCCCOCC(N)[C@@H](OC)OCCO. The summed E-state index contributed by atoms with van der Waals surface area (Å²) in [6, 6.07) is -0.321. The smallest absolute Gasteiger partial charge is 0.174 e. The number of methoxy groups -OCH3 is 1. The highest BCUT2D eigenvalue weighted by Crippen LogP contribution is 2.00. The third-order valence-electron chi connectivity index (χ3n) is 1.91. The van der Waals surface area contributed by atoms with Gasteiger partial charge in [0.25, 0.3) is 0 Å². The molecule has 0 saturated carbocycles. The highest BCUT2D eigenvalue weighted by atomic mass is 16.7. The predicted molar refractivity (Wildman–Crippen MR) is 57.5 cm³/mol. The topological polar surface area (TPSA) is 73.9 Å². The standard InChI is InChI=1S/C10H23NO4/c1-3-4-6-14-8-9(11)10(13-2)15-7-5-12/h9-10,12H,3-8,11H2,1-2H3/t9?,10-/m0/s1. The summed E-state index contributed by atoms with van der Waals surface area (Å²) in [7, 11) is 1.52. The van der Waals surface area contributed by atoms with Crippen molar-refractivity contribution in [2.24, 2.45) is 5.73 Å². The third-order valence-corrected chi connectivity index (χ3v) is 1.91. The molecule has 5 nitrogen and oxygen atoms in total. The number of aliphatic hydroxyl groups excluding tert-OH is 1. The zero-order chi connectivity index (χ0) is 11.5. The average molecular weight is 221 g/mol. The molecule has 0 saturated heterocycles. The molecule has 0 aromatic rings. The van der Waals surface area contributed by atoms with Crippen LogP contribution in [0.1, 0.15) is 19.8 Å². The molecule has 15 heavy (non-hydrogen) atoms. The first-order chi connectivity index (χ1) is 7.26. The minimum atomic E-state index is -0.515. The van der Waals surface area contributed by atoms with Crippen LogP contribution in [0.5, 0.6) is 0 Å². The normalized spacial score (nSPS) is 15.2. The van der Waals surface area contributed by atoms with Crippen molar-refractivity contribution in [2.45, 2.75) is 32.1 Å².